The fourth-order valence-corrected chi connectivity index (χ4v) is 0.794. The summed E-state index contributed by atoms with van der Waals surface area (Å²) in [5.74, 6) is -0.885. The maximum atomic E-state index is 11.3. The van der Waals surface area contributed by atoms with Crippen LogP contribution in [0.5, 0.6) is 0 Å². The molecule has 0 rings (SSSR count). The summed E-state index contributed by atoms with van der Waals surface area (Å²) >= 11 is 0. The Kier molecular flexibility index (Phi) is 6.45. The molecule has 0 N–H and O–H groups in total. The molecule has 0 unspecified atom stereocenters. The molecular formula is C10H16O4. The molecule has 0 atom stereocenters. The SMILES string of the molecule is CCO/C=C(/C(=O)CC)C(=O)OCC. The zero-order valence-electron chi connectivity index (χ0n) is 8.83. The summed E-state index contributed by atoms with van der Waals surface area (Å²) in [6.07, 6.45) is 1.43. The summed E-state index contributed by atoms with van der Waals surface area (Å²) in [5, 5.41) is 0. The summed E-state index contributed by atoms with van der Waals surface area (Å²) in [6, 6.07) is 0. The molecule has 0 aliphatic rings. The highest BCUT2D eigenvalue weighted by Gasteiger charge is 2.18. The largest absolute Gasteiger partial charge is 0.500 e. The second kappa shape index (κ2) is 7.12. The zero-order valence-corrected chi connectivity index (χ0v) is 8.83. The lowest BCUT2D eigenvalue weighted by Crippen LogP contribution is -2.15. The molecule has 0 aromatic carbocycles. The highest BCUT2D eigenvalue weighted by atomic mass is 16.5. The minimum atomic E-state index is -0.618. The van der Waals surface area contributed by atoms with E-state index in [1.54, 1.807) is 20.8 Å². The molecule has 0 spiro atoms. The lowest BCUT2D eigenvalue weighted by molar-refractivity contribution is -0.140. The number of hydrogen-bond donors (Lipinski definition) is 0. The number of carbonyl (C=O) groups is 2. The van der Waals surface area contributed by atoms with E-state index in [1.807, 2.05) is 0 Å². The van der Waals surface area contributed by atoms with Crippen molar-refractivity contribution in [2.75, 3.05) is 13.2 Å². The summed E-state index contributed by atoms with van der Waals surface area (Å²) in [5.41, 5.74) is -0.0174. The maximum absolute atomic E-state index is 11.3. The molecule has 0 saturated heterocycles. The summed E-state index contributed by atoms with van der Waals surface area (Å²) in [4.78, 5) is 22.5. The normalized spacial score (nSPS) is 10.9. The Bertz CT molecular complexity index is 230. The second-order valence-corrected chi connectivity index (χ2v) is 2.48. The molecular weight excluding hydrogens is 184 g/mol. The second-order valence-electron chi connectivity index (χ2n) is 2.48. The van der Waals surface area contributed by atoms with Crippen LogP contribution in [-0.4, -0.2) is 25.0 Å². The fraction of sp³-hybridized carbons (Fsp3) is 0.600. The summed E-state index contributed by atoms with van der Waals surface area (Å²) < 4.78 is 9.62. The molecule has 14 heavy (non-hydrogen) atoms. The van der Waals surface area contributed by atoms with Gasteiger partial charge in [0.25, 0.3) is 0 Å². The van der Waals surface area contributed by atoms with Crippen molar-refractivity contribution in [3.05, 3.63) is 11.8 Å². The molecule has 0 aliphatic heterocycles. The van der Waals surface area contributed by atoms with Crippen LogP contribution in [0.2, 0.25) is 0 Å². The zero-order chi connectivity index (χ0) is 11.0. The lowest BCUT2D eigenvalue weighted by atomic mass is 10.1. The third-order valence-electron chi connectivity index (χ3n) is 1.48. The van der Waals surface area contributed by atoms with E-state index < -0.39 is 5.97 Å². The Morgan fingerprint density at radius 3 is 2.21 bits per heavy atom. The molecule has 4 nitrogen and oxygen atoms in total. The topological polar surface area (TPSA) is 52.6 Å². The quantitative estimate of drug-likeness (QED) is 0.214. The lowest BCUT2D eigenvalue weighted by Gasteiger charge is -2.04. The number of ether oxygens (including phenoxy) is 2. The van der Waals surface area contributed by atoms with Crippen LogP contribution in [0.15, 0.2) is 11.8 Å². The predicted molar refractivity (Wildman–Crippen MR) is 51.6 cm³/mol. The van der Waals surface area contributed by atoms with Crippen molar-refractivity contribution in [1.29, 1.82) is 0 Å². The van der Waals surface area contributed by atoms with Gasteiger partial charge in [0.2, 0.25) is 0 Å². The highest BCUT2D eigenvalue weighted by Crippen LogP contribution is 2.03. The van der Waals surface area contributed by atoms with Gasteiger partial charge in [-0.2, -0.15) is 0 Å². The summed E-state index contributed by atoms with van der Waals surface area (Å²) in [6.45, 7) is 5.81. The Labute approximate surface area is 83.9 Å². The Hall–Kier alpha value is -1.32. The van der Waals surface area contributed by atoms with Crippen LogP contribution in [0.3, 0.4) is 0 Å². The van der Waals surface area contributed by atoms with E-state index in [9.17, 15) is 9.59 Å². The number of rotatable bonds is 6. The Morgan fingerprint density at radius 2 is 1.79 bits per heavy atom. The molecule has 0 fully saturated rings. The first-order valence-electron chi connectivity index (χ1n) is 4.69. The van der Waals surface area contributed by atoms with Crippen LogP contribution in [0.4, 0.5) is 0 Å². The smallest absolute Gasteiger partial charge is 0.344 e. The molecule has 0 saturated carbocycles. The standard InChI is InChI=1S/C10H16O4/c1-4-9(11)8(7-13-5-2)10(12)14-6-3/h7H,4-6H2,1-3H3/b8-7-. The Balaban J connectivity index is 4.54. The molecule has 0 heterocycles. The van der Waals surface area contributed by atoms with E-state index in [0.29, 0.717) is 6.61 Å². The molecule has 0 radical (unpaired) electrons. The van der Waals surface area contributed by atoms with Gasteiger partial charge in [0, 0.05) is 6.42 Å². The minimum absolute atomic E-state index is 0.0174. The van der Waals surface area contributed by atoms with E-state index in [0.717, 1.165) is 0 Å². The van der Waals surface area contributed by atoms with Gasteiger partial charge < -0.3 is 9.47 Å². The number of hydrogen-bond acceptors (Lipinski definition) is 4. The van der Waals surface area contributed by atoms with Crippen molar-refractivity contribution in [1.82, 2.24) is 0 Å². The predicted octanol–water partition coefficient (Wildman–Crippen LogP) is 1.45. The van der Waals surface area contributed by atoms with Crippen molar-refractivity contribution in [3.63, 3.8) is 0 Å². The van der Waals surface area contributed by atoms with Crippen molar-refractivity contribution >= 4 is 11.8 Å². The van der Waals surface area contributed by atoms with Gasteiger partial charge in [0.15, 0.2) is 5.78 Å². The average Bonchev–Trinajstić information content (AvgIpc) is 2.18. The average molecular weight is 200 g/mol. The highest BCUT2D eigenvalue weighted by molar-refractivity contribution is 6.16. The van der Waals surface area contributed by atoms with Crippen molar-refractivity contribution < 1.29 is 19.1 Å². The van der Waals surface area contributed by atoms with Gasteiger partial charge in [-0.25, -0.2) is 4.79 Å². The molecule has 0 amide bonds. The van der Waals surface area contributed by atoms with Gasteiger partial charge in [0.05, 0.1) is 13.2 Å². The van der Waals surface area contributed by atoms with Crippen LogP contribution in [0, 0.1) is 0 Å². The number of carbonyl (C=O) groups excluding carboxylic acids is 2. The van der Waals surface area contributed by atoms with E-state index in [4.69, 9.17) is 9.47 Å². The van der Waals surface area contributed by atoms with Crippen LogP contribution in [-0.2, 0) is 19.1 Å². The first-order chi connectivity index (χ1) is 6.67. The minimum Gasteiger partial charge on any atom is -0.500 e. The van der Waals surface area contributed by atoms with Crippen LogP contribution in [0.25, 0.3) is 0 Å². The monoisotopic (exact) mass is 200 g/mol. The molecule has 0 bridgehead atoms. The van der Waals surface area contributed by atoms with E-state index in [-0.39, 0.29) is 24.4 Å². The maximum Gasteiger partial charge on any atom is 0.344 e. The molecule has 80 valence electrons. The van der Waals surface area contributed by atoms with Gasteiger partial charge in [0.1, 0.15) is 11.8 Å². The first-order valence-corrected chi connectivity index (χ1v) is 4.69. The van der Waals surface area contributed by atoms with Crippen molar-refractivity contribution in [3.8, 4) is 0 Å². The third kappa shape index (κ3) is 4.07. The van der Waals surface area contributed by atoms with Crippen LogP contribution in [0.1, 0.15) is 27.2 Å². The van der Waals surface area contributed by atoms with Crippen molar-refractivity contribution in [2.24, 2.45) is 0 Å². The van der Waals surface area contributed by atoms with E-state index in [1.165, 1.54) is 6.26 Å². The van der Waals surface area contributed by atoms with Crippen molar-refractivity contribution in [2.45, 2.75) is 27.2 Å². The fourth-order valence-electron chi connectivity index (χ4n) is 0.794. The molecule has 0 aromatic heterocycles. The van der Waals surface area contributed by atoms with Gasteiger partial charge in [-0.15, -0.1) is 0 Å². The number of esters is 1. The van der Waals surface area contributed by atoms with Crippen LogP contribution < -0.4 is 0 Å². The first kappa shape index (κ1) is 12.7. The summed E-state index contributed by atoms with van der Waals surface area (Å²) in [7, 11) is 0. The third-order valence-corrected chi connectivity index (χ3v) is 1.48. The molecule has 4 heteroatoms. The van der Waals surface area contributed by atoms with Gasteiger partial charge >= 0.3 is 5.97 Å². The molecule has 0 aliphatic carbocycles. The van der Waals surface area contributed by atoms with Gasteiger partial charge in [-0.1, -0.05) is 6.92 Å². The van der Waals surface area contributed by atoms with Gasteiger partial charge in [-0.05, 0) is 13.8 Å². The Morgan fingerprint density at radius 1 is 1.14 bits per heavy atom. The number of Topliss-reactive ketones (excluding diaryl/α,β-unsaturated/α-hetero) is 1. The van der Waals surface area contributed by atoms with E-state index >= 15 is 0 Å². The number of ketones is 1. The van der Waals surface area contributed by atoms with E-state index in [2.05, 4.69) is 0 Å². The molecule has 0 aromatic rings. The van der Waals surface area contributed by atoms with Gasteiger partial charge in [-0.3, -0.25) is 4.79 Å². The van der Waals surface area contributed by atoms with Crippen LogP contribution >= 0.6 is 0 Å².